The zero-order valence-electron chi connectivity index (χ0n) is 9.83. The lowest BCUT2D eigenvalue weighted by molar-refractivity contribution is 0.746. The van der Waals surface area contributed by atoms with Crippen molar-refractivity contribution in [2.45, 2.75) is 18.6 Å². The molecule has 1 rings (SSSR count). The second-order valence-electron chi connectivity index (χ2n) is 3.82. The third kappa shape index (κ3) is 4.02. The molecular formula is C9H16ClN5S. The first-order valence-corrected chi connectivity index (χ1v) is 6.45. The second kappa shape index (κ2) is 5.54. The highest BCUT2D eigenvalue weighted by molar-refractivity contribution is 7.99. The van der Waals surface area contributed by atoms with Gasteiger partial charge in [0.15, 0.2) is 0 Å². The van der Waals surface area contributed by atoms with Gasteiger partial charge in [-0.1, -0.05) is 0 Å². The van der Waals surface area contributed by atoms with Gasteiger partial charge in [-0.05, 0) is 31.7 Å². The molecule has 0 aliphatic rings. The first-order chi connectivity index (χ1) is 7.46. The maximum atomic E-state index is 5.77. The van der Waals surface area contributed by atoms with E-state index in [1.165, 1.54) is 0 Å². The molecule has 7 heteroatoms. The fourth-order valence-corrected chi connectivity index (χ4v) is 1.28. The quantitative estimate of drug-likeness (QED) is 0.847. The summed E-state index contributed by atoms with van der Waals surface area (Å²) in [5.41, 5.74) is 0. The SMILES string of the molecule is CNc1nc(Cl)nc(NCC(C)(C)SC)n1. The van der Waals surface area contributed by atoms with E-state index in [2.05, 4.69) is 45.7 Å². The van der Waals surface area contributed by atoms with Crippen molar-refractivity contribution < 1.29 is 0 Å². The van der Waals surface area contributed by atoms with Crippen LogP contribution >= 0.6 is 23.4 Å². The van der Waals surface area contributed by atoms with Crippen LogP contribution in [0.25, 0.3) is 0 Å². The van der Waals surface area contributed by atoms with Gasteiger partial charge in [0, 0.05) is 18.3 Å². The molecule has 0 fully saturated rings. The van der Waals surface area contributed by atoms with E-state index in [4.69, 9.17) is 11.6 Å². The van der Waals surface area contributed by atoms with Gasteiger partial charge in [-0.15, -0.1) is 0 Å². The lowest BCUT2D eigenvalue weighted by Crippen LogP contribution is -2.26. The number of rotatable bonds is 5. The van der Waals surface area contributed by atoms with E-state index in [1.54, 1.807) is 18.8 Å². The van der Waals surface area contributed by atoms with Crippen LogP contribution in [-0.2, 0) is 0 Å². The van der Waals surface area contributed by atoms with Crippen LogP contribution in [-0.4, -0.2) is 39.5 Å². The Balaban J connectivity index is 2.70. The zero-order chi connectivity index (χ0) is 12.2. The molecule has 2 N–H and O–H groups in total. The van der Waals surface area contributed by atoms with Gasteiger partial charge in [0.1, 0.15) is 0 Å². The topological polar surface area (TPSA) is 62.7 Å². The Hall–Kier alpha value is -0.750. The van der Waals surface area contributed by atoms with Gasteiger partial charge >= 0.3 is 0 Å². The first kappa shape index (κ1) is 13.3. The molecule has 0 aliphatic carbocycles. The summed E-state index contributed by atoms with van der Waals surface area (Å²) in [5.74, 6) is 0.955. The minimum absolute atomic E-state index is 0.124. The van der Waals surface area contributed by atoms with Crippen LogP contribution in [0.4, 0.5) is 11.9 Å². The van der Waals surface area contributed by atoms with E-state index in [0.29, 0.717) is 11.9 Å². The van der Waals surface area contributed by atoms with Crippen LogP contribution in [0.1, 0.15) is 13.8 Å². The molecular weight excluding hydrogens is 246 g/mol. The molecule has 0 aromatic carbocycles. The largest absolute Gasteiger partial charge is 0.357 e. The van der Waals surface area contributed by atoms with Gasteiger partial charge < -0.3 is 10.6 Å². The van der Waals surface area contributed by atoms with Gasteiger partial charge in [0.25, 0.3) is 0 Å². The van der Waals surface area contributed by atoms with Crippen molar-refractivity contribution in [3.05, 3.63) is 5.28 Å². The number of nitrogens with zero attached hydrogens (tertiary/aromatic N) is 3. The second-order valence-corrected chi connectivity index (χ2v) is 5.67. The van der Waals surface area contributed by atoms with Crippen LogP contribution in [0.5, 0.6) is 0 Å². The Bertz CT molecular complexity index is 358. The normalized spacial score (nSPS) is 11.3. The highest BCUT2D eigenvalue weighted by atomic mass is 35.5. The van der Waals surface area contributed by atoms with Crippen molar-refractivity contribution >= 4 is 35.3 Å². The van der Waals surface area contributed by atoms with Gasteiger partial charge in [-0.25, -0.2) is 0 Å². The summed E-state index contributed by atoms with van der Waals surface area (Å²) in [6.07, 6.45) is 2.07. The molecule has 0 bridgehead atoms. The summed E-state index contributed by atoms with van der Waals surface area (Å²) in [7, 11) is 1.74. The summed E-state index contributed by atoms with van der Waals surface area (Å²) in [4.78, 5) is 12.1. The van der Waals surface area contributed by atoms with E-state index in [-0.39, 0.29) is 10.0 Å². The summed E-state index contributed by atoms with van der Waals surface area (Å²) in [6, 6.07) is 0. The molecule has 1 heterocycles. The Morgan fingerprint density at radius 3 is 2.44 bits per heavy atom. The fraction of sp³-hybridized carbons (Fsp3) is 0.667. The molecule has 0 spiro atoms. The Morgan fingerprint density at radius 1 is 1.25 bits per heavy atom. The number of aromatic nitrogens is 3. The van der Waals surface area contributed by atoms with Crippen LogP contribution in [0.15, 0.2) is 0 Å². The molecule has 1 aromatic rings. The maximum Gasteiger partial charge on any atom is 0.228 e. The molecule has 0 saturated heterocycles. The molecule has 0 saturated carbocycles. The third-order valence-corrected chi connectivity index (χ3v) is 3.48. The molecule has 0 aliphatic heterocycles. The predicted molar refractivity (Wildman–Crippen MR) is 70.5 cm³/mol. The van der Waals surface area contributed by atoms with Crippen molar-refractivity contribution in [1.82, 2.24) is 15.0 Å². The molecule has 1 aromatic heterocycles. The number of anilines is 2. The third-order valence-electron chi connectivity index (χ3n) is 2.06. The number of thioether (sulfide) groups is 1. The smallest absolute Gasteiger partial charge is 0.228 e. The predicted octanol–water partition coefficient (Wildman–Crippen LogP) is 2.12. The van der Waals surface area contributed by atoms with Crippen molar-refractivity contribution in [1.29, 1.82) is 0 Å². The molecule has 0 atom stereocenters. The van der Waals surface area contributed by atoms with Crippen LogP contribution < -0.4 is 10.6 Å². The van der Waals surface area contributed by atoms with Gasteiger partial charge in [0.05, 0.1) is 0 Å². The first-order valence-electron chi connectivity index (χ1n) is 4.85. The summed E-state index contributed by atoms with van der Waals surface area (Å²) in [6.45, 7) is 5.05. The number of hydrogen-bond acceptors (Lipinski definition) is 6. The fourth-order valence-electron chi connectivity index (χ4n) is 0.905. The number of halogens is 1. The number of hydrogen-bond donors (Lipinski definition) is 2. The van der Waals surface area contributed by atoms with E-state index in [1.807, 2.05) is 0 Å². The Labute approximate surface area is 105 Å². The van der Waals surface area contributed by atoms with E-state index in [9.17, 15) is 0 Å². The molecule has 5 nitrogen and oxygen atoms in total. The monoisotopic (exact) mass is 261 g/mol. The van der Waals surface area contributed by atoms with E-state index >= 15 is 0 Å². The minimum atomic E-state index is 0.124. The standard InChI is InChI=1S/C9H16ClN5S/c1-9(2,16-4)5-12-8-14-6(10)13-7(11-3)15-8/h5H2,1-4H3,(H2,11,12,13,14,15). The van der Waals surface area contributed by atoms with Crippen molar-refractivity contribution in [3.63, 3.8) is 0 Å². The van der Waals surface area contributed by atoms with Gasteiger partial charge in [-0.2, -0.15) is 26.7 Å². The molecule has 0 amide bonds. The lowest BCUT2D eigenvalue weighted by Gasteiger charge is -2.22. The van der Waals surface area contributed by atoms with E-state index in [0.717, 1.165) is 6.54 Å². The molecule has 90 valence electrons. The van der Waals surface area contributed by atoms with Crippen LogP contribution in [0, 0.1) is 0 Å². The Morgan fingerprint density at radius 2 is 1.88 bits per heavy atom. The van der Waals surface area contributed by atoms with Crippen LogP contribution in [0.3, 0.4) is 0 Å². The summed E-state index contributed by atoms with van der Waals surface area (Å²) < 4.78 is 0.124. The highest BCUT2D eigenvalue weighted by Crippen LogP contribution is 2.21. The summed E-state index contributed by atoms with van der Waals surface area (Å²) in [5, 5.41) is 6.16. The van der Waals surface area contributed by atoms with Gasteiger partial charge in [-0.3, -0.25) is 0 Å². The average Bonchev–Trinajstić information content (AvgIpc) is 2.26. The molecule has 0 radical (unpaired) electrons. The van der Waals surface area contributed by atoms with Crippen LogP contribution in [0.2, 0.25) is 5.28 Å². The van der Waals surface area contributed by atoms with Gasteiger partial charge in [0.2, 0.25) is 17.2 Å². The highest BCUT2D eigenvalue weighted by Gasteiger charge is 2.16. The Kier molecular flexibility index (Phi) is 4.61. The minimum Gasteiger partial charge on any atom is -0.357 e. The molecule has 16 heavy (non-hydrogen) atoms. The van der Waals surface area contributed by atoms with Crippen molar-refractivity contribution in [2.75, 3.05) is 30.5 Å². The zero-order valence-corrected chi connectivity index (χ0v) is 11.4. The lowest BCUT2D eigenvalue weighted by atomic mass is 10.2. The van der Waals surface area contributed by atoms with E-state index < -0.39 is 0 Å². The van der Waals surface area contributed by atoms with Crippen molar-refractivity contribution in [3.8, 4) is 0 Å². The number of nitrogens with one attached hydrogen (secondary N) is 2. The average molecular weight is 262 g/mol. The van der Waals surface area contributed by atoms with Crippen molar-refractivity contribution in [2.24, 2.45) is 0 Å². The summed E-state index contributed by atoms with van der Waals surface area (Å²) >= 11 is 7.54. The molecule has 0 unspecified atom stereocenters. The maximum absolute atomic E-state index is 5.77.